The normalized spacial score (nSPS) is 11.7. The molecule has 2 aromatic carbocycles. The van der Waals surface area contributed by atoms with Gasteiger partial charge in [-0.15, -0.1) is 0 Å². The Labute approximate surface area is 122 Å². The maximum absolute atomic E-state index is 13.0. The number of Topliss-reactive ketones (excluding diaryl/α,β-unsaturated/α-hetero) is 1. The third-order valence-corrected chi connectivity index (χ3v) is 3.14. The number of amides is 1. The molecular weight excluding hydrogens is 269 g/mol. The lowest BCUT2D eigenvalue weighted by atomic mass is 9.98. The van der Waals surface area contributed by atoms with Crippen molar-refractivity contribution >= 4 is 11.7 Å². The molecule has 108 valence electrons. The SMILES string of the molecule is CC(=O)N[C@H](CC(=O)c1ccccc1)c1ccc(F)cc1. The number of hydrogen-bond acceptors (Lipinski definition) is 2. The Morgan fingerprint density at radius 1 is 1.05 bits per heavy atom. The van der Waals surface area contributed by atoms with Crippen LogP contribution in [0.4, 0.5) is 4.39 Å². The lowest BCUT2D eigenvalue weighted by molar-refractivity contribution is -0.119. The van der Waals surface area contributed by atoms with Crippen LogP contribution in [-0.4, -0.2) is 11.7 Å². The van der Waals surface area contributed by atoms with E-state index in [9.17, 15) is 14.0 Å². The van der Waals surface area contributed by atoms with E-state index in [0.29, 0.717) is 11.1 Å². The number of benzene rings is 2. The summed E-state index contributed by atoms with van der Waals surface area (Å²) in [5, 5.41) is 2.73. The highest BCUT2D eigenvalue weighted by atomic mass is 19.1. The van der Waals surface area contributed by atoms with Crippen LogP contribution in [0.1, 0.15) is 35.3 Å². The fourth-order valence-corrected chi connectivity index (χ4v) is 2.12. The van der Waals surface area contributed by atoms with Crippen molar-refractivity contribution in [2.75, 3.05) is 0 Å². The van der Waals surface area contributed by atoms with Crippen LogP contribution in [0.25, 0.3) is 0 Å². The fraction of sp³-hybridized carbons (Fsp3) is 0.176. The van der Waals surface area contributed by atoms with Gasteiger partial charge < -0.3 is 5.32 Å². The summed E-state index contributed by atoms with van der Waals surface area (Å²) in [6.07, 6.45) is 0.134. The molecule has 0 bridgehead atoms. The molecule has 0 heterocycles. The van der Waals surface area contributed by atoms with Crippen molar-refractivity contribution in [1.82, 2.24) is 5.32 Å². The maximum Gasteiger partial charge on any atom is 0.217 e. The number of ketones is 1. The number of nitrogens with one attached hydrogen (secondary N) is 1. The first-order valence-electron chi connectivity index (χ1n) is 6.67. The third kappa shape index (κ3) is 4.24. The van der Waals surface area contributed by atoms with Gasteiger partial charge in [-0.2, -0.15) is 0 Å². The van der Waals surface area contributed by atoms with Crippen molar-refractivity contribution in [2.24, 2.45) is 0 Å². The molecule has 0 saturated heterocycles. The van der Waals surface area contributed by atoms with Gasteiger partial charge in [0.05, 0.1) is 6.04 Å². The summed E-state index contributed by atoms with van der Waals surface area (Å²) in [4.78, 5) is 23.6. The number of carbonyl (C=O) groups excluding carboxylic acids is 2. The average molecular weight is 285 g/mol. The summed E-state index contributed by atoms with van der Waals surface area (Å²) in [5.41, 5.74) is 1.30. The lowest BCUT2D eigenvalue weighted by Gasteiger charge is -2.17. The molecule has 3 nitrogen and oxygen atoms in total. The van der Waals surface area contributed by atoms with Gasteiger partial charge in [0.1, 0.15) is 5.82 Å². The molecule has 4 heteroatoms. The van der Waals surface area contributed by atoms with Crippen molar-refractivity contribution in [3.8, 4) is 0 Å². The van der Waals surface area contributed by atoms with E-state index in [1.807, 2.05) is 6.07 Å². The van der Waals surface area contributed by atoms with Crippen LogP contribution < -0.4 is 5.32 Å². The largest absolute Gasteiger partial charge is 0.349 e. The maximum atomic E-state index is 13.0. The predicted octanol–water partition coefficient (Wildman–Crippen LogP) is 3.28. The smallest absolute Gasteiger partial charge is 0.217 e. The Morgan fingerprint density at radius 2 is 1.67 bits per heavy atom. The van der Waals surface area contributed by atoms with E-state index < -0.39 is 6.04 Å². The zero-order valence-corrected chi connectivity index (χ0v) is 11.7. The molecule has 0 radical (unpaired) electrons. The third-order valence-electron chi connectivity index (χ3n) is 3.14. The highest BCUT2D eigenvalue weighted by molar-refractivity contribution is 5.96. The van der Waals surface area contributed by atoms with Gasteiger partial charge in [0.15, 0.2) is 5.78 Å². The monoisotopic (exact) mass is 285 g/mol. The molecule has 2 aromatic rings. The molecule has 0 fully saturated rings. The number of hydrogen-bond donors (Lipinski definition) is 1. The van der Waals surface area contributed by atoms with Gasteiger partial charge in [0.2, 0.25) is 5.91 Å². The van der Waals surface area contributed by atoms with Crippen LogP contribution in [0, 0.1) is 5.82 Å². The van der Waals surface area contributed by atoms with Crippen molar-refractivity contribution < 1.29 is 14.0 Å². The van der Waals surface area contributed by atoms with E-state index >= 15 is 0 Å². The van der Waals surface area contributed by atoms with Gasteiger partial charge in [0.25, 0.3) is 0 Å². The van der Waals surface area contributed by atoms with E-state index in [4.69, 9.17) is 0 Å². The number of halogens is 1. The quantitative estimate of drug-likeness (QED) is 0.857. The van der Waals surface area contributed by atoms with Gasteiger partial charge in [-0.25, -0.2) is 4.39 Å². The van der Waals surface area contributed by atoms with Crippen LogP contribution in [0.15, 0.2) is 54.6 Å². The Hall–Kier alpha value is -2.49. The van der Waals surface area contributed by atoms with Crippen molar-refractivity contribution in [3.63, 3.8) is 0 Å². The van der Waals surface area contributed by atoms with Gasteiger partial charge in [-0.1, -0.05) is 42.5 Å². The molecule has 1 N–H and O–H groups in total. The van der Waals surface area contributed by atoms with E-state index in [1.165, 1.54) is 19.1 Å². The van der Waals surface area contributed by atoms with Crippen molar-refractivity contribution in [1.29, 1.82) is 0 Å². The summed E-state index contributed by atoms with van der Waals surface area (Å²) in [6, 6.07) is 14.2. The second-order valence-electron chi connectivity index (χ2n) is 4.80. The molecular formula is C17H16FNO2. The van der Waals surface area contributed by atoms with Crippen LogP contribution in [0.3, 0.4) is 0 Å². The molecule has 1 amide bonds. The van der Waals surface area contributed by atoms with Crippen LogP contribution in [0.2, 0.25) is 0 Å². The molecule has 0 saturated carbocycles. The Kier molecular flexibility index (Phi) is 4.82. The van der Waals surface area contributed by atoms with Crippen molar-refractivity contribution in [2.45, 2.75) is 19.4 Å². The number of rotatable bonds is 5. The summed E-state index contributed by atoms with van der Waals surface area (Å²) in [7, 11) is 0. The standard InChI is InChI=1S/C17H16FNO2/c1-12(20)19-16(13-7-9-15(18)10-8-13)11-17(21)14-5-3-2-4-6-14/h2-10,16H,11H2,1H3,(H,19,20)/t16-/m1/s1. The zero-order chi connectivity index (χ0) is 15.2. The Balaban J connectivity index is 2.18. The summed E-state index contributed by atoms with van der Waals surface area (Å²) < 4.78 is 13.0. The topological polar surface area (TPSA) is 46.2 Å². The Morgan fingerprint density at radius 3 is 2.24 bits per heavy atom. The van der Waals surface area contributed by atoms with Crippen LogP contribution in [-0.2, 0) is 4.79 Å². The van der Waals surface area contributed by atoms with Gasteiger partial charge in [0, 0.05) is 18.9 Å². The van der Waals surface area contributed by atoms with E-state index in [0.717, 1.165) is 0 Å². The molecule has 0 aliphatic rings. The summed E-state index contributed by atoms with van der Waals surface area (Å²) in [6.45, 7) is 1.39. The molecule has 0 spiro atoms. The molecule has 0 unspecified atom stereocenters. The van der Waals surface area contributed by atoms with Gasteiger partial charge >= 0.3 is 0 Å². The summed E-state index contributed by atoms with van der Waals surface area (Å²) >= 11 is 0. The molecule has 0 aliphatic heterocycles. The minimum absolute atomic E-state index is 0.0707. The van der Waals surface area contributed by atoms with Crippen molar-refractivity contribution in [3.05, 3.63) is 71.5 Å². The first-order chi connectivity index (χ1) is 10.1. The number of carbonyl (C=O) groups is 2. The lowest BCUT2D eigenvalue weighted by Crippen LogP contribution is -2.28. The first-order valence-corrected chi connectivity index (χ1v) is 6.67. The Bertz CT molecular complexity index is 623. The minimum Gasteiger partial charge on any atom is -0.349 e. The van der Waals surface area contributed by atoms with Gasteiger partial charge in [-0.05, 0) is 17.7 Å². The molecule has 0 aromatic heterocycles. The molecule has 1 atom stereocenters. The highest BCUT2D eigenvalue weighted by Gasteiger charge is 2.18. The minimum atomic E-state index is -0.462. The highest BCUT2D eigenvalue weighted by Crippen LogP contribution is 2.20. The van der Waals surface area contributed by atoms with E-state index in [1.54, 1.807) is 36.4 Å². The molecule has 21 heavy (non-hydrogen) atoms. The zero-order valence-electron chi connectivity index (χ0n) is 11.7. The molecule has 0 aliphatic carbocycles. The van der Waals surface area contributed by atoms with Crippen LogP contribution >= 0.6 is 0 Å². The predicted molar refractivity (Wildman–Crippen MR) is 78.3 cm³/mol. The second kappa shape index (κ2) is 6.79. The first kappa shape index (κ1) is 14.9. The van der Waals surface area contributed by atoms with E-state index in [-0.39, 0.29) is 23.9 Å². The fourth-order valence-electron chi connectivity index (χ4n) is 2.12. The second-order valence-corrected chi connectivity index (χ2v) is 4.80. The summed E-state index contributed by atoms with van der Waals surface area (Å²) in [5.74, 6) is -0.654. The average Bonchev–Trinajstić information content (AvgIpc) is 2.48. The molecule has 2 rings (SSSR count). The van der Waals surface area contributed by atoms with E-state index in [2.05, 4.69) is 5.32 Å². The van der Waals surface area contributed by atoms with Crippen LogP contribution in [0.5, 0.6) is 0 Å². The van der Waals surface area contributed by atoms with Gasteiger partial charge in [-0.3, -0.25) is 9.59 Å².